The fourth-order valence-corrected chi connectivity index (χ4v) is 2.33. The minimum absolute atomic E-state index is 0.135. The molecule has 0 heterocycles. The molecule has 0 bridgehead atoms. The molecule has 6 heteroatoms. The van der Waals surface area contributed by atoms with E-state index in [-0.39, 0.29) is 12.5 Å². The van der Waals surface area contributed by atoms with E-state index in [1.54, 1.807) is 18.2 Å². The van der Waals surface area contributed by atoms with Crippen molar-refractivity contribution in [2.45, 2.75) is 13.8 Å². The largest absolute Gasteiger partial charge is 0.491 e. The van der Waals surface area contributed by atoms with E-state index in [9.17, 15) is 4.79 Å². The summed E-state index contributed by atoms with van der Waals surface area (Å²) < 4.78 is 10.7. The maximum atomic E-state index is 12.1. The first kappa shape index (κ1) is 19.1. The first-order valence-corrected chi connectivity index (χ1v) is 8.56. The maximum Gasteiger partial charge on any atom is 0.243 e. The van der Waals surface area contributed by atoms with Crippen LogP contribution >= 0.6 is 11.6 Å². The number of rotatable bonds is 9. The molecule has 0 aliphatic heterocycles. The molecule has 0 aromatic heterocycles. The number of carbonyl (C=O) groups is 1. The van der Waals surface area contributed by atoms with Gasteiger partial charge in [-0.2, -0.15) is 0 Å². The van der Waals surface area contributed by atoms with E-state index in [4.69, 9.17) is 21.1 Å². The number of anilines is 2. The number of nitrogens with one attached hydrogen (secondary N) is 2. The quantitative estimate of drug-likeness (QED) is 0.659. The SMILES string of the molecule is CCOCCOc1ccc(NC(=O)CNc2cc(Cl)ccc2C)cc1. The van der Waals surface area contributed by atoms with Crippen molar-refractivity contribution in [2.75, 3.05) is 37.0 Å². The molecule has 0 saturated carbocycles. The second kappa shape index (κ2) is 9.91. The standard InChI is InChI=1S/C19H23ClN2O3/c1-3-24-10-11-25-17-8-6-16(7-9-17)22-19(23)13-21-18-12-15(20)5-4-14(18)2/h4-9,12,21H,3,10-11,13H2,1-2H3,(H,22,23). The van der Waals surface area contributed by atoms with Crippen molar-refractivity contribution in [3.63, 3.8) is 0 Å². The lowest BCUT2D eigenvalue weighted by Crippen LogP contribution is -2.22. The zero-order valence-corrected chi connectivity index (χ0v) is 15.2. The Labute approximate surface area is 153 Å². The summed E-state index contributed by atoms with van der Waals surface area (Å²) in [7, 11) is 0. The summed E-state index contributed by atoms with van der Waals surface area (Å²) in [4.78, 5) is 12.1. The fraction of sp³-hybridized carbons (Fsp3) is 0.316. The Morgan fingerprint density at radius 3 is 2.60 bits per heavy atom. The first-order chi connectivity index (χ1) is 12.1. The molecule has 0 saturated heterocycles. The highest BCUT2D eigenvalue weighted by molar-refractivity contribution is 6.30. The third-order valence-electron chi connectivity index (χ3n) is 3.48. The number of benzene rings is 2. The van der Waals surface area contributed by atoms with E-state index in [2.05, 4.69) is 10.6 Å². The molecule has 0 fully saturated rings. The molecule has 0 radical (unpaired) electrons. The van der Waals surface area contributed by atoms with E-state index in [1.165, 1.54) is 0 Å². The normalized spacial score (nSPS) is 10.4. The molecule has 1 amide bonds. The Balaban J connectivity index is 1.79. The lowest BCUT2D eigenvalue weighted by atomic mass is 10.2. The number of ether oxygens (including phenoxy) is 2. The van der Waals surface area contributed by atoms with Crippen LogP contribution < -0.4 is 15.4 Å². The summed E-state index contributed by atoms with van der Waals surface area (Å²) in [6, 6.07) is 12.8. The summed E-state index contributed by atoms with van der Waals surface area (Å²) >= 11 is 5.97. The molecular weight excluding hydrogens is 340 g/mol. The summed E-state index contributed by atoms with van der Waals surface area (Å²) in [6.07, 6.45) is 0. The van der Waals surface area contributed by atoms with Gasteiger partial charge in [0.15, 0.2) is 0 Å². The van der Waals surface area contributed by atoms with Crippen LogP contribution in [0.3, 0.4) is 0 Å². The fourth-order valence-electron chi connectivity index (χ4n) is 2.16. The molecule has 0 unspecified atom stereocenters. The zero-order chi connectivity index (χ0) is 18.1. The maximum absolute atomic E-state index is 12.1. The van der Waals surface area contributed by atoms with Crippen molar-refractivity contribution >= 4 is 28.9 Å². The van der Waals surface area contributed by atoms with Crippen LogP contribution in [-0.2, 0) is 9.53 Å². The predicted octanol–water partition coefficient (Wildman–Crippen LogP) is 4.11. The van der Waals surface area contributed by atoms with E-state index < -0.39 is 0 Å². The first-order valence-electron chi connectivity index (χ1n) is 8.19. The van der Waals surface area contributed by atoms with Crippen LogP contribution in [0.25, 0.3) is 0 Å². The molecule has 0 aliphatic rings. The van der Waals surface area contributed by atoms with Gasteiger partial charge in [-0.1, -0.05) is 17.7 Å². The zero-order valence-electron chi connectivity index (χ0n) is 14.5. The number of carbonyl (C=O) groups excluding carboxylic acids is 1. The van der Waals surface area contributed by atoms with Gasteiger partial charge in [0, 0.05) is 23.0 Å². The number of amides is 1. The third-order valence-corrected chi connectivity index (χ3v) is 3.71. The lowest BCUT2D eigenvalue weighted by Gasteiger charge is -2.11. The molecule has 134 valence electrons. The van der Waals surface area contributed by atoms with Gasteiger partial charge in [-0.3, -0.25) is 4.79 Å². The van der Waals surface area contributed by atoms with Crippen molar-refractivity contribution < 1.29 is 14.3 Å². The second-order valence-corrected chi connectivity index (χ2v) is 5.87. The monoisotopic (exact) mass is 362 g/mol. The summed E-state index contributed by atoms with van der Waals surface area (Å²) in [5, 5.41) is 6.56. The number of hydrogen-bond donors (Lipinski definition) is 2. The molecule has 0 aliphatic carbocycles. The molecular formula is C19H23ClN2O3. The Morgan fingerprint density at radius 1 is 1.12 bits per heavy atom. The Morgan fingerprint density at radius 2 is 1.88 bits per heavy atom. The number of halogens is 1. The molecule has 0 spiro atoms. The van der Waals surface area contributed by atoms with Gasteiger partial charge >= 0.3 is 0 Å². The average molecular weight is 363 g/mol. The van der Waals surface area contributed by atoms with E-state index in [0.29, 0.717) is 30.5 Å². The molecule has 0 atom stereocenters. The second-order valence-electron chi connectivity index (χ2n) is 5.43. The molecule has 2 aromatic rings. The predicted molar refractivity (Wildman–Crippen MR) is 102 cm³/mol. The van der Waals surface area contributed by atoms with Gasteiger partial charge in [-0.05, 0) is 55.8 Å². The van der Waals surface area contributed by atoms with Crippen LogP contribution in [0.5, 0.6) is 5.75 Å². The Kier molecular flexibility index (Phi) is 7.57. The third kappa shape index (κ3) is 6.64. The van der Waals surface area contributed by atoms with Gasteiger partial charge in [0.25, 0.3) is 0 Å². The number of aryl methyl sites for hydroxylation is 1. The Hall–Kier alpha value is -2.24. The average Bonchev–Trinajstić information content (AvgIpc) is 2.61. The van der Waals surface area contributed by atoms with Crippen LogP contribution in [-0.4, -0.2) is 32.3 Å². The molecule has 2 aromatic carbocycles. The highest BCUT2D eigenvalue weighted by Gasteiger charge is 2.05. The van der Waals surface area contributed by atoms with Crippen LogP contribution in [0, 0.1) is 6.92 Å². The smallest absolute Gasteiger partial charge is 0.243 e. The van der Waals surface area contributed by atoms with Gasteiger partial charge < -0.3 is 20.1 Å². The molecule has 2 rings (SSSR count). The van der Waals surface area contributed by atoms with Crippen LogP contribution in [0.15, 0.2) is 42.5 Å². The minimum Gasteiger partial charge on any atom is -0.491 e. The van der Waals surface area contributed by atoms with Crippen molar-refractivity contribution in [3.8, 4) is 5.75 Å². The van der Waals surface area contributed by atoms with Crippen LogP contribution in [0.4, 0.5) is 11.4 Å². The Bertz CT molecular complexity index is 690. The van der Waals surface area contributed by atoms with Crippen molar-refractivity contribution in [2.24, 2.45) is 0 Å². The lowest BCUT2D eigenvalue weighted by molar-refractivity contribution is -0.114. The van der Waals surface area contributed by atoms with Gasteiger partial charge in [0.1, 0.15) is 12.4 Å². The van der Waals surface area contributed by atoms with Gasteiger partial charge in [-0.15, -0.1) is 0 Å². The topological polar surface area (TPSA) is 59.6 Å². The summed E-state index contributed by atoms with van der Waals surface area (Å²) in [5.74, 6) is 0.606. The summed E-state index contributed by atoms with van der Waals surface area (Å²) in [5.41, 5.74) is 2.60. The summed E-state index contributed by atoms with van der Waals surface area (Å²) in [6.45, 7) is 5.80. The van der Waals surface area contributed by atoms with Gasteiger partial charge in [0.2, 0.25) is 5.91 Å². The van der Waals surface area contributed by atoms with Gasteiger partial charge in [-0.25, -0.2) is 0 Å². The van der Waals surface area contributed by atoms with Crippen molar-refractivity contribution in [3.05, 3.63) is 53.1 Å². The van der Waals surface area contributed by atoms with Crippen molar-refractivity contribution in [1.29, 1.82) is 0 Å². The van der Waals surface area contributed by atoms with E-state index in [1.807, 2.05) is 38.1 Å². The van der Waals surface area contributed by atoms with E-state index in [0.717, 1.165) is 17.0 Å². The van der Waals surface area contributed by atoms with Gasteiger partial charge in [0.05, 0.1) is 13.2 Å². The minimum atomic E-state index is -0.135. The highest BCUT2D eigenvalue weighted by Crippen LogP contribution is 2.20. The highest BCUT2D eigenvalue weighted by atomic mass is 35.5. The molecule has 5 nitrogen and oxygen atoms in total. The van der Waals surface area contributed by atoms with Crippen LogP contribution in [0.2, 0.25) is 5.02 Å². The molecule has 25 heavy (non-hydrogen) atoms. The van der Waals surface area contributed by atoms with Crippen LogP contribution in [0.1, 0.15) is 12.5 Å². The van der Waals surface area contributed by atoms with Crippen molar-refractivity contribution in [1.82, 2.24) is 0 Å². The molecule has 2 N–H and O–H groups in total. The van der Waals surface area contributed by atoms with E-state index >= 15 is 0 Å². The number of hydrogen-bond acceptors (Lipinski definition) is 4.